The SMILES string of the molecule is CC/C=C\C/C=C\C/C=C\C/C=C\C/C=C\C/C=C\C/C=C\C/C=C\CCCCCCCCCCCCCCCCCCC(=O)OC(COC(=O)CCCCCCC/C=C\CCCC)COP(=O)(O)OCC[N+](C)(C)C. The molecule has 0 aliphatic carbocycles. The first kappa shape index (κ1) is 72.7. The van der Waals surface area contributed by atoms with Gasteiger partial charge in [-0.15, -0.1) is 0 Å². The third-order valence-corrected chi connectivity index (χ3v) is 13.8. The molecule has 0 heterocycles. The topological polar surface area (TPSA) is 108 Å². The van der Waals surface area contributed by atoms with Crippen molar-refractivity contribution in [3.05, 3.63) is 109 Å². The lowest BCUT2D eigenvalue weighted by atomic mass is 10.0. The van der Waals surface area contributed by atoms with E-state index in [0.29, 0.717) is 17.4 Å². The Morgan fingerprint density at radius 3 is 1.13 bits per heavy atom. The fourth-order valence-electron chi connectivity index (χ4n) is 8.07. The zero-order chi connectivity index (χ0) is 55.6. The molecule has 0 aromatic rings. The molecule has 0 radical (unpaired) electrons. The predicted octanol–water partition coefficient (Wildman–Crippen LogP) is 19.4. The van der Waals surface area contributed by atoms with Gasteiger partial charge >= 0.3 is 19.8 Å². The third-order valence-electron chi connectivity index (χ3n) is 12.8. The molecule has 10 heteroatoms. The number of quaternary nitrogens is 1. The Morgan fingerprint density at radius 2 is 0.750 bits per heavy atom. The van der Waals surface area contributed by atoms with Gasteiger partial charge in [0.15, 0.2) is 6.10 Å². The molecule has 76 heavy (non-hydrogen) atoms. The first-order chi connectivity index (χ1) is 37.0. The van der Waals surface area contributed by atoms with Gasteiger partial charge in [0.1, 0.15) is 19.8 Å². The monoisotopic (exact) mass is 1080 g/mol. The Labute approximate surface area is 467 Å². The van der Waals surface area contributed by atoms with Crippen LogP contribution in [-0.4, -0.2) is 74.9 Å². The number of nitrogens with zero attached hydrogens (tertiary/aromatic N) is 1. The number of hydrogen-bond acceptors (Lipinski definition) is 7. The second kappa shape index (κ2) is 56.4. The molecule has 9 nitrogen and oxygen atoms in total. The summed E-state index contributed by atoms with van der Waals surface area (Å²) in [5, 5.41) is 0. The molecule has 0 rings (SSSR count). The van der Waals surface area contributed by atoms with Crippen molar-refractivity contribution in [2.24, 2.45) is 0 Å². The highest BCUT2D eigenvalue weighted by molar-refractivity contribution is 7.47. The van der Waals surface area contributed by atoms with Gasteiger partial charge in [0, 0.05) is 12.8 Å². The van der Waals surface area contributed by atoms with Crippen LogP contribution in [0.1, 0.15) is 245 Å². The van der Waals surface area contributed by atoms with Crippen LogP contribution >= 0.6 is 7.82 Å². The summed E-state index contributed by atoms with van der Waals surface area (Å²) in [7, 11) is 1.47. The van der Waals surface area contributed by atoms with Gasteiger partial charge in [-0.2, -0.15) is 0 Å². The van der Waals surface area contributed by atoms with Crippen LogP contribution in [0.15, 0.2) is 109 Å². The van der Waals surface area contributed by atoms with Crippen molar-refractivity contribution in [2.75, 3.05) is 47.5 Å². The second-order valence-corrected chi connectivity index (χ2v) is 22.8. The number of likely N-dealkylation sites (N-methyl/N-ethyl adjacent to an activating group) is 1. The molecule has 0 aliphatic rings. The molecule has 0 aliphatic heterocycles. The zero-order valence-corrected chi connectivity index (χ0v) is 50.3. The predicted molar refractivity (Wildman–Crippen MR) is 325 cm³/mol. The van der Waals surface area contributed by atoms with E-state index in [1.807, 2.05) is 21.1 Å². The molecular weight excluding hydrogens is 966 g/mol. The highest BCUT2D eigenvalue weighted by atomic mass is 31.2. The Balaban J connectivity index is 3.95. The fraction of sp³-hybridized carbons (Fsp3) is 0.697. The van der Waals surface area contributed by atoms with Crippen LogP contribution in [0, 0.1) is 0 Å². The normalized spacial score (nSPS) is 14.0. The van der Waals surface area contributed by atoms with Gasteiger partial charge in [-0.3, -0.25) is 18.6 Å². The van der Waals surface area contributed by atoms with Gasteiger partial charge in [0.2, 0.25) is 0 Å². The van der Waals surface area contributed by atoms with Crippen molar-refractivity contribution in [2.45, 2.75) is 251 Å². The minimum atomic E-state index is -4.39. The van der Waals surface area contributed by atoms with E-state index >= 15 is 0 Å². The third kappa shape index (κ3) is 59.9. The number of hydrogen-bond donors (Lipinski definition) is 1. The van der Waals surface area contributed by atoms with E-state index in [4.69, 9.17) is 18.5 Å². The summed E-state index contributed by atoms with van der Waals surface area (Å²) in [5.74, 6) is -0.809. The quantitative estimate of drug-likeness (QED) is 0.0211. The minimum absolute atomic E-state index is 0.0278. The summed E-state index contributed by atoms with van der Waals surface area (Å²) in [4.78, 5) is 35.5. The lowest BCUT2D eigenvalue weighted by Gasteiger charge is -2.24. The molecule has 0 saturated heterocycles. The van der Waals surface area contributed by atoms with Crippen LogP contribution in [0.25, 0.3) is 0 Å². The van der Waals surface area contributed by atoms with E-state index in [1.165, 1.54) is 96.3 Å². The summed E-state index contributed by atoms with van der Waals surface area (Å²) >= 11 is 0. The molecular formula is C66H115NO8P+. The number of esters is 2. The Bertz CT molecular complexity index is 1650. The molecule has 0 saturated carbocycles. The minimum Gasteiger partial charge on any atom is -0.462 e. The van der Waals surface area contributed by atoms with E-state index in [1.54, 1.807) is 0 Å². The van der Waals surface area contributed by atoms with E-state index < -0.39 is 26.5 Å². The lowest BCUT2D eigenvalue weighted by molar-refractivity contribution is -0.870. The first-order valence-electron chi connectivity index (χ1n) is 30.6. The fourth-order valence-corrected chi connectivity index (χ4v) is 8.81. The van der Waals surface area contributed by atoms with Crippen molar-refractivity contribution in [3.63, 3.8) is 0 Å². The number of unbranched alkanes of at least 4 members (excludes halogenated alkanes) is 23. The number of phosphoric ester groups is 1. The number of carbonyl (C=O) groups is 2. The number of phosphoric acid groups is 1. The maximum Gasteiger partial charge on any atom is 0.472 e. The van der Waals surface area contributed by atoms with Gasteiger partial charge < -0.3 is 18.9 Å². The first-order valence-corrected chi connectivity index (χ1v) is 32.1. The van der Waals surface area contributed by atoms with Gasteiger partial charge in [-0.05, 0) is 96.3 Å². The molecule has 0 spiro atoms. The van der Waals surface area contributed by atoms with Crippen molar-refractivity contribution < 1.29 is 42.1 Å². The number of allylic oxidation sites excluding steroid dienone is 18. The molecule has 0 bridgehead atoms. The van der Waals surface area contributed by atoms with Crippen molar-refractivity contribution >= 4 is 19.8 Å². The highest BCUT2D eigenvalue weighted by Gasteiger charge is 2.27. The molecule has 2 unspecified atom stereocenters. The number of ether oxygens (including phenoxy) is 2. The highest BCUT2D eigenvalue weighted by Crippen LogP contribution is 2.43. The van der Waals surface area contributed by atoms with E-state index in [0.717, 1.165) is 116 Å². The molecule has 0 aromatic carbocycles. The lowest BCUT2D eigenvalue weighted by Crippen LogP contribution is -2.37. The Kier molecular flexibility index (Phi) is 53.9. The van der Waals surface area contributed by atoms with E-state index in [2.05, 4.69) is 123 Å². The summed E-state index contributed by atoms with van der Waals surface area (Å²) in [5.41, 5.74) is 0. The Morgan fingerprint density at radius 1 is 0.421 bits per heavy atom. The smallest absolute Gasteiger partial charge is 0.462 e. The molecule has 436 valence electrons. The average Bonchev–Trinajstić information content (AvgIpc) is 3.38. The molecule has 0 aromatic heterocycles. The number of carbonyl (C=O) groups excluding carboxylic acids is 2. The second-order valence-electron chi connectivity index (χ2n) is 21.4. The molecule has 0 amide bonds. The Hall–Kier alpha value is -3.33. The van der Waals surface area contributed by atoms with E-state index in [9.17, 15) is 19.0 Å². The summed E-state index contributed by atoms with van der Waals surface area (Å²) < 4.78 is 34.5. The van der Waals surface area contributed by atoms with E-state index in [-0.39, 0.29) is 32.0 Å². The van der Waals surface area contributed by atoms with Crippen molar-refractivity contribution in [1.82, 2.24) is 0 Å². The summed E-state index contributed by atoms with van der Waals surface area (Å²) in [6.07, 6.45) is 79.0. The van der Waals surface area contributed by atoms with Crippen molar-refractivity contribution in [3.8, 4) is 0 Å². The largest absolute Gasteiger partial charge is 0.472 e. The van der Waals surface area contributed by atoms with Crippen LogP contribution < -0.4 is 0 Å². The van der Waals surface area contributed by atoms with Gasteiger partial charge in [-0.1, -0.05) is 245 Å². The number of rotatable bonds is 55. The van der Waals surface area contributed by atoms with Crippen LogP contribution in [0.4, 0.5) is 0 Å². The molecule has 1 N–H and O–H groups in total. The van der Waals surface area contributed by atoms with Crippen LogP contribution in [0.3, 0.4) is 0 Å². The maximum absolute atomic E-state index is 12.8. The standard InChI is InChI=1S/C66H114NO8P/c1-6-8-10-12-14-16-18-19-20-21-22-23-24-25-26-27-28-29-30-31-32-33-34-35-36-37-38-39-40-41-42-43-44-45-46-47-49-51-53-55-57-59-66(69)75-64(63-74-76(70,71)73-61-60-67(3,4)5)62-72-65(68)58-56-54-52-50-48-17-15-13-11-9-7-2/h8,10,13-16,19-20,22-23,25-26,28-29,31-32,34-35,64H,6-7,9,11-12,17-18,21,24,27,30,33,36-63H2,1-5H3/p+1/b10-8-,15-13-,16-14-,20-19-,23-22-,26-25-,29-28-,32-31-,35-34-. The van der Waals surface area contributed by atoms with Gasteiger partial charge in [0.25, 0.3) is 0 Å². The van der Waals surface area contributed by atoms with Gasteiger partial charge in [-0.25, -0.2) is 4.57 Å². The molecule has 0 fully saturated rings. The van der Waals surface area contributed by atoms with Gasteiger partial charge in [0.05, 0.1) is 27.7 Å². The van der Waals surface area contributed by atoms with Crippen molar-refractivity contribution in [1.29, 1.82) is 0 Å². The summed E-state index contributed by atoms with van der Waals surface area (Å²) in [6, 6.07) is 0. The zero-order valence-electron chi connectivity index (χ0n) is 49.5. The van der Waals surface area contributed by atoms with Crippen LogP contribution in [0.5, 0.6) is 0 Å². The maximum atomic E-state index is 12.8. The summed E-state index contributed by atoms with van der Waals surface area (Å²) in [6.45, 7) is 4.26. The van der Waals surface area contributed by atoms with Crippen LogP contribution in [-0.2, 0) is 32.7 Å². The average molecular weight is 1080 g/mol. The van der Waals surface area contributed by atoms with Crippen LogP contribution in [0.2, 0.25) is 0 Å². The molecule has 2 atom stereocenters.